The van der Waals surface area contributed by atoms with Crippen LogP contribution in [0.25, 0.3) is 11.0 Å². The molecule has 0 bridgehead atoms. The largest absolute Gasteiger partial charge is 0.356 e. The summed E-state index contributed by atoms with van der Waals surface area (Å²) in [5, 5.41) is 3.05. The number of rotatable bonds is 14. The fourth-order valence-electron chi connectivity index (χ4n) is 3.86. The van der Waals surface area contributed by atoms with Crippen LogP contribution < -0.4 is 5.32 Å². The van der Waals surface area contributed by atoms with Crippen LogP contribution in [-0.4, -0.2) is 22.0 Å². The first-order chi connectivity index (χ1) is 14.4. The van der Waals surface area contributed by atoms with Crippen LogP contribution in [0.2, 0.25) is 0 Å². The van der Waals surface area contributed by atoms with E-state index in [9.17, 15) is 4.79 Å². The molecule has 1 heterocycles. The second kappa shape index (κ2) is 12.8. The lowest BCUT2D eigenvalue weighted by atomic mass is 9.96. The fourth-order valence-corrected chi connectivity index (χ4v) is 3.86. The summed E-state index contributed by atoms with van der Waals surface area (Å²) in [7, 11) is 0. The van der Waals surface area contributed by atoms with E-state index in [4.69, 9.17) is 4.98 Å². The second-order valence-electron chi connectivity index (χ2n) is 9.61. The summed E-state index contributed by atoms with van der Waals surface area (Å²) in [5.41, 5.74) is 2.00. The zero-order valence-electron chi connectivity index (χ0n) is 19.8. The Balaban J connectivity index is 1.80. The highest BCUT2D eigenvalue weighted by Crippen LogP contribution is 2.19. The normalized spacial score (nSPS) is 11.9. The van der Waals surface area contributed by atoms with E-state index in [0.29, 0.717) is 6.54 Å². The minimum absolute atomic E-state index is 0.116. The number of amides is 1. The van der Waals surface area contributed by atoms with Crippen LogP contribution in [0, 0.1) is 5.41 Å². The molecule has 0 spiro atoms. The molecule has 0 unspecified atom stereocenters. The molecule has 168 valence electrons. The topological polar surface area (TPSA) is 46.9 Å². The number of fused-ring (bicyclic) bond motifs is 1. The summed E-state index contributed by atoms with van der Waals surface area (Å²) in [6, 6.07) is 8.45. The molecule has 4 nitrogen and oxygen atoms in total. The number of carbonyl (C=O) groups excluding carboxylic acids is 1. The third-order valence-electron chi connectivity index (χ3n) is 5.76. The molecule has 0 aliphatic heterocycles. The molecule has 1 aromatic heterocycles. The highest BCUT2D eigenvalue weighted by atomic mass is 16.2. The van der Waals surface area contributed by atoms with Crippen LogP contribution in [-0.2, 0) is 17.8 Å². The molecule has 0 aliphatic rings. The first kappa shape index (κ1) is 24.4. The lowest BCUT2D eigenvalue weighted by Gasteiger charge is -2.17. The number of nitrogens with zero attached hydrogens (tertiary/aromatic N) is 2. The Hall–Kier alpha value is -1.84. The van der Waals surface area contributed by atoms with Crippen molar-refractivity contribution < 1.29 is 4.79 Å². The van der Waals surface area contributed by atoms with Crippen LogP contribution in [0.5, 0.6) is 0 Å². The van der Waals surface area contributed by atoms with E-state index in [1.54, 1.807) is 0 Å². The monoisotopic (exact) mass is 413 g/mol. The molecule has 0 saturated heterocycles. The Bertz CT molecular complexity index is 757. The first-order valence-electron chi connectivity index (χ1n) is 12.2. The quantitative estimate of drug-likeness (QED) is 0.352. The predicted molar refractivity (Wildman–Crippen MR) is 128 cm³/mol. The predicted octanol–water partition coefficient (Wildman–Crippen LogP) is 6.66. The van der Waals surface area contributed by atoms with Gasteiger partial charge >= 0.3 is 0 Å². The SMILES string of the molecule is CCCCCCCCCCCn1c(CCCNC(=O)C(C)(C)C)nc2ccccc21. The van der Waals surface area contributed by atoms with Gasteiger partial charge in [-0.25, -0.2) is 4.98 Å². The van der Waals surface area contributed by atoms with Crippen molar-refractivity contribution in [3.05, 3.63) is 30.1 Å². The van der Waals surface area contributed by atoms with Crippen molar-refractivity contribution in [1.82, 2.24) is 14.9 Å². The smallest absolute Gasteiger partial charge is 0.225 e. The number of unbranched alkanes of at least 4 members (excludes halogenated alkanes) is 8. The van der Waals surface area contributed by atoms with Gasteiger partial charge < -0.3 is 9.88 Å². The lowest BCUT2D eigenvalue weighted by molar-refractivity contribution is -0.128. The van der Waals surface area contributed by atoms with Crippen molar-refractivity contribution in [2.45, 2.75) is 105 Å². The number of benzene rings is 1. The summed E-state index contributed by atoms with van der Waals surface area (Å²) in [5.74, 6) is 1.27. The number of aryl methyl sites for hydroxylation is 2. The highest BCUT2D eigenvalue weighted by Gasteiger charge is 2.20. The third kappa shape index (κ3) is 8.12. The Morgan fingerprint density at radius 3 is 2.23 bits per heavy atom. The molecular formula is C26H43N3O. The van der Waals surface area contributed by atoms with Gasteiger partial charge in [0.25, 0.3) is 0 Å². The zero-order valence-corrected chi connectivity index (χ0v) is 19.8. The lowest BCUT2D eigenvalue weighted by Crippen LogP contribution is -2.35. The van der Waals surface area contributed by atoms with Gasteiger partial charge in [0.05, 0.1) is 11.0 Å². The van der Waals surface area contributed by atoms with E-state index in [2.05, 4.69) is 41.1 Å². The van der Waals surface area contributed by atoms with Crippen molar-refractivity contribution in [2.24, 2.45) is 5.41 Å². The Labute approximate surface area is 183 Å². The summed E-state index contributed by atoms with van der Waals surface area (Å²) < 4.78 is 2.40. The molecule has 0 saturated carbocycles. The van der Waals surface area contributed by atoms with E-state index >= 15 is 0 Å². The van der Waals surface area contributed by atoms with E-state index in [0.717, 1.165) is 30.7 Å². The molecule has 2 rings (SSSR count). The number of hydrogen-bond donors (Lipinski definition) is 1. The van der Waals surface area contributed by atoms with Crippen molar-refractivity contribution >= 4 is 16.9 Å². The van der Waals surface area contributed by atoms with E-state index in [1.807, 2.05) is 20.8 Å². The molecule has 30 heavy (non-hydrogen) atoms. The van der Waals surface area contributed by atoms with Gasteiger partial charge in [0.2, 0.25) is 5.91 Å². The number of nitrogens with one attached hydrogen (secondary N) is 1. The summed E-state index contributed by atoms with van der Waals surface area (Å²) in [6.45, 7) is 9.88. The summed E-state index contributed by atoms with van der Waals surface area (Å²) >= 11 is 0. The zero-order chi connectivity index (χ0) is 21.8. The van der Waals surface area contributed by atoms with Crippen molar-refractivity contribution in [2.75, 3.05) is 6.54 Å². The van der Waals surface area contributed by atoms with E-state index < -0.39 is 0 Å². The van der Waals surface area contributed by atoms with Crippen molar-refractivity contribution in [1.29, 1.82) is 0 Å². The van der Waals surface area contributed by atoms with Crippen molar-refractivity contribution in [3.8, 4) is 0 Å². The van der Waals surface area contributed by atoms with Gasteiger partial charge in [-0.1, -0.05) is 91.2 Å². The van der Waals surface area contributed by atoms with Gasteiger partial charge in [-0.05, 0) is 25.0 Å². The van der Waals surface area contributed by atoms with Gasteiger partial charge in [-0.15, -0.1) is 0 Å². The molecule has 1 aromatic carbocycles. The molecule has 0 atom stereocenters. The molecule has 4 heteroatoms. The molecule has 1 N–H and O–H groups in total. The Kier molecular flexibility index (Phi) is 10.4. The molecule has 1 amide bonds. The average molecular weight is 414 g/mol. The number of imidazole rings is 1. The minimum atomic E-state index is -0.330. The summed E-state index contributed by atoms with van der Waals surface area (Å²) in [6.07, 6.45) is 13.9. The van der Waals surface area contributed by atoms with Gasteiger partial charge in [0.15, 0.2) is 0 Å². The first-order valence-corrected chi connectivity index (χ1v) is 12.2. The second-order valence-corrected chi connectivity index (χ2v) is 9.61. The number of hydrogen-bond acceptors (Lipinski definition) is 2. The summed E-state index contributed by atoms with van der Waals surface area (Å²) in [4.78, 5) is 16.9. The number of para-hydroxylation sites is 2. The van der Waals surface area contributed by atoms with Crippen LogP contribution >= 0.6 is 0 Å². The van der Waals surface area contributed by atoms with Gasteiger partial charge in [0.1, 0.15) is 5.82 Å². The van der Waals surface area contributed by atoms with Crippen LogP contribution in [0.4, 0.5) is 0 Å². The standard InChI is InChI=1S/C26H43N3O/c1-5-6-7-8-9-10-11-12-15-21-29-23-18-14-13-17-22(23)28-24(29)19-16-20-27-25(30)26(2,3)4/h13-14,17-18H,5-12,15-16,19-21H2,1-4H3,(H,27,30). The van der Waals surface area contributed by atoms with Gasteiger partial charge in [-0.2, -0.15) is 0 Å². The number of aromatic nitrogens is 2. The van der Waals surface area contributed by atoms with Gasteiger partial charge in [0, 0.05) is 24.9 Å². The average Bonchev–Trinajstić information content (AvgIpc) is 3.06. The fraction of sp³-hybridized carbons (Fsp3) is 0.692. The maximum Gasteiger partial charge on any atom is 0.225 e. The molecule has 0 aliphatic carbocycles. The Morgan fingerprint density at radius 1 is 0.933 bits per heavy atom. The Morgan fingerprint density at radius 2 is 1.57 bits per heavy atom. The van der Waals surface area contributed by atoms with E-state index in [1.165, 1.54) is 63.3 Å². The highest BCUT2D eigenvalue weighted by molar-refractivity contribution is 5.81. The van der Waals surface area contributed by atoms with Crippen LogP contribution in [0.15, 0.2) is 24.3 Å². The molecule has 0 fully saturated rings. The van der Waals surface area contributed by atoms with Crippen molar-refractivity contribution in [3.63, 3.8) is 0 Å². The minimum Gasteiger partial charge on any atom is -0.356 e. The molecule has 2 aromatic rings. The van der Waals surface area contributed by atoms with Crippen LogP contribution in [0.3, 0.4) is 0 Å². The number of carbonyl (C=O) groups is 1. The third-order valence-corrected chi connectivity index (χ3v) is 5.76. The molecule has 0 radical (unpaired) electrons. The van der Waals surface area contributed by atoms with E-state index in [-0.39, 0.29) is 11.3 Å². The van der Waals surface area contributed by atoms with Crippen LogP contribution in [0.1, 0.15) is 97.7 Å². The molecular weight excluding hydrogens is 370 g/mol. The maximum atomic E-state index is 12.1. The van der Waals surface area contributed by atoms with Gasteiger partial charge in [-0.3, -0.25) is 4.79 Å². The maximum absolute atomic E-state index is 12.1.